The molecule has 102 valence electrons. The summed E-state index contributed by atoms with van der Waals surface area (Å²) in [7, 11) is 1.54. The van der Waals surface area contributed by atoms with Crippen LogP contribution in [0, 0.1) is 22.7 Å². The topological polar surface area (TPSA) is 56.8 Å². The molecule has 0 aromatic heterocycles. The summed E-state index contributed by atoms with van der Waals surface area (Å²) in [6.07, 6.45) is 0. The second-order valence-corrected chi connectivity index (χ2v) is 5.10. The fourth-order valence-electron chi connectivity index (χ4n) is 1.98. The molecule has 0 N–H and O–H groups in total. The first-order valence-corrected chi connectivity index (χ1v) is 6.94. The van der Waals surface area contributed by atoms with Crippen LogP contribution < -0.4 is 4.74 Å². The lowest BCUT2D eigenvalue weighted by atomic mass is 9.96. The van der Waals surface area contributed by atoms with Crippen LogP contribution in [0.25, 0.3) is 11.1 Å². The van der Waals surface area contributed by atoms with Gasteiger partial charge in [-0.1, -0.05) is 40.2 Å². The number of rotatable bonds is 3. The number of allylic oxidation sites excluding steroid dienone is 2. The Morgan fingerprint density at radius 2 is 1.57 bits per heavy atom. The zero-order chi connectivity index (χ0) is 15.2. The van der Waals surface area contributed by atoms with Crippen molar-refractivity contribution in [2.45, 2.75) is 0 Å². The van der Waals surface area contributed by atoms with E-state index in [0.717, 1.165) is 4.47 Å². The van der Waals surface area contributed by atoms with Crippen LogP contribution in [0.15, 0.2) is 53.0 Å². The van der Waals surface area contributed by atoms with Crippen molar-refractivity contribution in [3.05, 3.63) is 64.1 Å². The van der Waals surface area contributed by atoms with Crippen LogP contribution in [0.4, 0.5) is 0 Å². The van der Waals surface area contributed by atoms with E-state index in [1.54, 1.807) is 31.4 Å². The maximum absolute atomic E-state index is 9.49. The van der Waals surface area contributed by atoms with E-state index in [1.807, 2.05) is 24.3 Å². The first-order chi connectivity index (χ1) is 10.2. The molecule has 21 heavy (non-hydrogen) atoms. The highest BCUT2D eigenvalue weighted by Crippen LogP contribution is 2.31. The summed E-state index contributed by atoms with van der Waals surface area (Å²) in [4.78, 5) is 0. The lowest BCUT2D eigenvalue weighted by Gasteiger charge is -2.09. The van der Waals surface area contributed by atoms with E-state index in [1.165, 1.54) is 0 Å². The maximum atomic E-state index is 9.49. The normalized spacial score (nSPS) is 11.0. The minimum atomic E-state index is 0.303. The van der Waals surface area contributed by atoms with Gasteiger partial charge in [0.2, 0.25) is 0 Å². The van der Waals surface area contributed by atoms with Gasteiger partial charge in [0.1, 0.15) is 17.9 Å². The number of hydrogen-bond donors (Lipinski definition) is 0. The Labute approximate surface area is 131 Å². The molecule has 0 bridgehead atoms. The predicted molar refractivity (Wildman–Crippen MR) is 85.2 cm³/mol. The monoisotopic (exact) mass is 338 g/mol. The van der Waals surface area contributed by atoms with Gasteiger partial charge in [0.05, 0.1) is 18.3 Å². The van der Waals surface area contributed by atoms with Crippen molar-refractivity contribution in [3.8, 4) is 17.9 Å². The van der Waals surface area contributed by atoms with Gasteiger partial charge in [-0.05, 0) is 29.8 Å². The molecule has 0 spiro atoms. The molecule has 0 aliphatic rings. The third-order valence-corrected chi connectivity index (χ3v) is 3.51. The van der Waals surface area contributed by atoms with Gasteiger partial charge in [0, 0.05) is 10.0 Å². The van der Waals surface area contributed by atoms with E-state index in [2.05, 4.69) is 28.1 Å². The SMILES string of the molecule is COc1ccccc1/C(C#N)=C(/C#N)c1ccc(Br)cc1. The molecule has 0 atom stereocenters. The molecule has 4 heteroatoms. The molecule has 3 nitrogen and oxygen atoms in total. The van der Waals surface area contributed by atoms with E-state index in [-0.39, 0.29) is 0 Å². The number of methoxy groups -OCH3 is 1. The van der Waals surface area contributed by atoms with Crippen LogP contribution in [0.1, 0.15) is 11.1 Å². The number of nitrogens with zero attached hydrogens (tertiary/aromatic N) is 2. The smallest absolute Gasteiger partial charge is 0.127 e. The fraction of sp³-hybridized carbons (Fsp3) is 0.0588. The minimum Gasteiger partial charge on any atom is -0.496 e. The molecule has 2 aromatic carbocycles. The van der Waals surface area contributed by atoms with Gasteiger partial charge in [-0.2, -0.15) is 10.5 Å². The minimum absolute atomic E-state index is 0.303. The number of nitriles is 2. The lowest BCUT2D eigenvalue weighted by Crippen LogP contribution is -1.93. The molecular weight excluding hydrogens is 328 g/mol. The Bertz CT molecular complexity index is 765. The maximum Gasteiger partial charge on any atom is 0.127 e. The highest BCUT2D eigenvalue weighted by atomic mass is 79.9. The summed E-state index contributed by atoms with van der Waals surface area (Å²) in [6, 6.07) is 18.7. The Balaban J connectivity index is 2.68. The number of ether oxygens (including phenoxy) is 1. The molecule has 2 aromatic rings. The average molecular weight is 339 g/mol. The summed E-state index contributed by atoms with van der Waals surface area (Å²) < 4.78 is 6.19. The van der Waals surface area contributed by atoms with Crippen LogP contribution >= 0.6 is 15.9 Å². The number of hydrogen-bond acceptors (Lipinski definition) is 3. The van der Waals surface area contributed by atoms with Crippen molar-refractivity contribution in [1.29, 1.82) is 10.5 Å². The molecule has 0 aliphatic carbocycles. The Morgan fingerprint density at radius 3 is 2.14 bits per heavy atom. The number of benzene rings is 2. The van der Waals surface area contributed by atoms with Crippen molar-refractivity contribution >= 4 is 27.1 Å². The van der Waals surface area contributed by atoms with Gasteiger partial charge in [0.15, 0.2) is 0 Å². The van der Waals surface area contributed by atoms with Crippen molar-refractivity contribution in [3.63, 3.8) is 0 Å². The zero-order valence-electron chi connectivity index (χ0n) is 11.3. The molecule has 0 amide bonds. The second-order valence-electron chi connectivity index (χ2n) is 4.18. The summed E-state index contributed by atoms with van der Waals surface area (Å²) in [6.45, 7) is 0. The van der Waals surface area contributed by atoms with Crippen LogP contribution in [-0.2, 0) is 0 Å². The second kappa shape index (κ2) is 6.74. The van der Waals surface area contributed by atoms with Crippen molar-refractivity contribution in [1.82, 2.24) is 0 Å². The molecule has 0 radical (unpaired) electrons. The van der Waals surface area contributed by atoms with E-state index in [9.17, 15) is 10.5 Å². The summed E-state index contributed by atoms with van der Waals surface area (Å²) in [5.41, 5.74) is 1.94. The lowest BCUT2D eigenvalue weighted by molar-refractivity contribution is 0.413. The van der Waals surface area contributed by atoms with Gasteiger partial charge in [-0.25, -0.2) is 0 Å². The van der Waals surface area contributed by atoms with Crippen LogP contribution in [0.5, 0.6) is 5.75 Å². The molecule has 0 saturated heterocycles. The third-order valence-electron chi connectivity index (χ3n) is 2.98. The van der Waals surface area contributed by atoms with Gasteiger partial charge in [0.25, 0.3) is 0 Å². The zero-order valence-corrected chi connectivity index (χ0v) is 12.9. The standard InChI is InChI=1S/C17H11BrN2O/c1-21-17-5-3-2-4-14(17)16(11-20)15(10-19)12-6-8-13(18)9-7-12/h2-9H,1H3/b16-15-. The first-order valence-electron chi connectivity index (χ1n) is 6.15. The quantitative estimate of drug-likeness (QED) is 0.615. The number of halogens is 1. The van der Waals surface area contributed by atoms with E-state index >= 15 is 0 Å². The number of para-hydroxylation sites is 1. The first kappa shape index (κ1) is 14.8. The Morgan fingerprint density at radius 1 is 0.952 bits per heavy atom. The van der Waals surface area contributed by atoms with E-state index in [0.29, 0.717) is 28.0 Å². The molecule has 0 saturated carbocycles. The Kier molecular flexibility index (Phi) is 4.77. The largest absolute Gasteiger partial charge is 0.496 e. The molecule has 0 unspecified atom stereocenters. The van der Waals surface area contributed by atoms with Gasteiger partial charge in [-0.3, -0.25) is 0 Å². The molecule has 0 fully saturated rings. The third kappa shape index (κ3) is 3.13. The Hall–Kier alpha value is -2.56. The highest BCUT2D eigenvalue weighted by Gasteiger charge is 2.14. The van der Waals surface area contributed by atoms with Crippen LogP contribution in [0.3, 0.4) is 0 Å². The summed E-state index contributed by atoms with van der Waals surface area (Å²) >= 11 is 3.35. The van der Waals surface area contributed by atoms with Crippen LogP contribution in [0.2, 0.25) is 0 Å². The molecular formula is C17H11BrN2O. The van der Waals surface area contributed by atoms with Crippen molar-refractivity contribution < 1.29 is 4.74 Å². The summed E-state index contributed by atoms with van der Waals surface area (Å²) in [5.74, 6) is 0.568. The van der Waals surface area contributed by atoms with E-state index < -0.39 is 0 Å². The van der Waals surface area contributed by atoms with Gasteiger partial charge < -0.3 is 4.74 Å². The average Bonchev–Trinajstić information content (AvgIpc) is 2.53. The molecule has 2 rings (SSSR count). The van der Waals surface area contributed by atoms with E-state index in [4.69, 9.17) is 4.74 Å². The van der Waals surface area contributed by atoms with Crippen molar-refractivity contribution in [2.24, 2.45) is 0 Å². The van der Waals surface area contributed by atoms with Crippen molar-refractivity contribution in [2.75, 3.05) is 7.11 Å². The summed E-state index contributed by atoms with van der Waals surface area (Å²) in [5, 5.41) is 19.0. The van der Waals surface area contributed by atoms with Gasteiger partial charge in [-0.15, -0.1) is 0 Å². The highest BCUT2D eigenvalue weighted by molar-refractivity contribution is 9.10. The van der Waals surface area contributed by atoms with Crippen LogP contribution in [-0.4, -0.2) is 7.11 Å². The molecule has 0 aliphatic heterocycles. The fourth-order valence-corrected chi connectivity index (χ4v) is 2.25. The van der Waals surface area contributed by atoms with Gasteiger partial charge >= 0.3 is 0 Å². The predicted octanol–water partition coefficient (Wildman–Crippen LogP) is 4.42. The molecule has 0 heterocycles.